The van der Waals surface area contributed by atoms with Gasteiger partial charge in [-0.15, -0.1) is 11.8 Å². The predicted octanol–water partition coefficient (Wildman–Crippen LogP) is 7.98. The first kappa shape index (κ1) is 33.6. The minimum Gasteiger partial charge on any atom is -0.496 e. The SMILES string of the molecule is CCOc1ccccc1NC(=O)C(Sc1ccc(NC(=O)/C(=C/c2ccccc2OC)NC(=O)c2ccccc2)cc1)c1ccccc1. The molecule has 0 aliphatic rings. The third-order valence-corrected chi connectivity index (χ3v) is 8.39. The molecule has 0 aliphatic carbocycles. The van der Waals surface area contributed by atoms with Crippen LogP contribution in [0.1, 0.15) is 33.7 Å². The smallest absolute Gasteiger partial charge is 0.272 e. The quantitative estimate of drug-likeness (QED) is 0.0876. The molecule has 3 N–H and O–H groups in total. The van der Waals surface area contributed by atoms with E-state index in [4.69, 9.17) is 9.47 Å². The highest BCUT2D eigenvalue weighted by Crippen LogP contribution is 2.37. The van der Waals surface area contributed by atoms with Gasteiger partial charge in [-0.1, -0.05) is 78.9 Å². The van der Waals surface area contributed by atoms with Gasteiger partial charge in [0, 0.05) is 21.7 Å². The highest BCUT2D eigenvalue weighted by molar-refractivity contribution is 8.00. The van der Waals surface area contributed by atoms with Gasteiger partial charge in [0.1, 0.15) is 22.4 Å². The molecule has 5 aromatic rings. The number of amides is 3. The lowest BCUT2D eigenvalue weighted by Crippen LogP contribution is -2.30. The number of benzene rings is 5. The van der Waals surface area contributed by atoms with E-state index in [0.29, 0.717) is 40.6 Å². The van der Waals surface area contributed by atoms with Crippen LogP contribution in [0.2, 0.25) is 0 Å². The average Bonchev–Trinajstić information content (AvgIpc) is 3.12. The zero-order chi connectivity index (χ0) is 33.7. The Morgan fingerprint density at radius 1 is 0.729 bits per heavy atom. The highest BCUT2D eigenvalue weighted by Gasteiger charge is 2.23. The third kappa shape index (κ3) is 8.92. The van der Waals surface area contributed by atoms with Gasteiger partial charge in [-0.25, -0.2) is 0 Å². The lowest BCUT2D eigenvalue weighted by Gasteiger charge is -2.19. The first-order chi connectivity index (χ1) is 23.4. The molecule has 5 rings (SSSR count). The second kappa shape index (κ2) is 16.7. The maximum Gasteiger partial charge on any atom is 0.272 e. The Morgan fingerprint density at radius 3 is 2.04 bits per heavy atom. The zero-order valence-corrected chi connectivity index (χ0v) is 27.3. The maximum atomic E-state index is 13.7. The van der Waals surface area contributed by atoms with E-state index in [2.05, 4.69) is 16.0 Å². The second-order valence-corrected chi connectivity index (χ2v) is 11.6. The molecule has 1 unspecified atom stereocenters. The Kier molecular flexibility index (Phi) is 11.7. The molecule has 8 nitrogen and oxygen atoms in total. The average molecular weight is 658 g/mol. The van der Waals surface area contributed by atoms with Crippen molar-refractivity contribution in [1.82, 2.24) is 5.32 Å². The number of nitrogens with one attached hydrogen (secondary N) is 3. The van der Waals surface area contributed by atoms with Gasteiger partial charge in [0.25, 0.3) is 11.8 Å². The van der Waals surface area contributed by atoms with Gasteiger partial charge >= 0.3 is 0 Å². The van der Waals surface area contributed by atoms with E-state index >= 15 is 0 Å². The van der Waals surface area contributed by atoms with Crippen LogP contribution in [0.4, 0.5) is 11.4 Å². The molecule has 0 spiro atoms. The van der Waals surface area contributed by atoms with Crippen molar-refractivity contribution in [1.29, 1.82) is 0 Å². The molecule has 9 heteroatoms. The van der Waals surface area contributed by atoms with E-state index in [1.165, 1.54) is 11.8 Å². The van der Waals surface area contributed by atoms with Crippen LogP contribution in [0, 0.1) is 0 Å². The number of thioether (sulfide) groups is 1. The molecule has 0 radical (unpaired) electrons. The second-order valence-electron chi connectivity index (χ2n) is 10.4. The molecule has 48 heavy (non-hydrogen) atoms. The lowest BCUT2D eigenvalue weighted by atomic mass is 10.1. The fourth-order valence-corrected chi connectivity index (χ4v) is 5.81. The topological polar surface area (TPSA) is 106 Å². The van der Waals surface area contributed by atoms with E-state index in [-0.39, 0.29) is 11.6 Å². The number of methoxy groups -OCH3 is 1. The lowest BCUT2D eigenvalue weighted by molar-refractivity contribution is -0.116. The van der Waals surface area contributed by atoms with Crippen molar-refractivity contribution in [2.75, 3.05) is 24.4 Å². The molecular formula is C39H35N3O5S. The van der Waals surface area contributed by atoms with E-state index < -0.39 is 17.1 Å². The Morgan fingerprint density at radius 2 is 1.35 bits per heavy atom. The molecule has 0 saturated heterocycles. The van der Waals surface area contributed by atoms with Crippen molar-refractivity contribution in [2.45, 2.75) is 17.1 Å². The molecule has 0 heterocycles. The third-order valence-electron chi connectivity index (χ3n) is 7.12. The Hall–Kier alpha value is -5.80. The molecular weight excluding hydrogens is 623 g/mol. The molecule has 0 saturated carbocycles. The van der Waals surface area contributed by atoms with Crippen molar-refractivity contribution in [3.63, 3.8) is 0 Å². The highest BCUT2D eigenvalue weighted by atomic mass is 32.2. The van der Waals surface area contributed by atoms with Crippen molar-refractivity contribution in [3.8, 4) is 11.5 Å². The van der Waals surface area contributed by atoms with E-state index in [1.807, 2.05) is 91.9 Å². The standard InChI is InChI=1S/C39H35N3O5S/c1-3-47-35-21-13-11-19-32(35)41-39(45)36(27-14-6-4-7-15-27)48-31-24-22-30(23-25-31)40-38(44)33(26-29-18-10-12-20-34(29)46-2)42-37(43)28-16-8-5-9-17-28/h4-26,36H,3H2,1-2H3,(H,40,44)(H,41,45)(H,42,43)/b33-26-. The van der Waals surface area contributed by atoms with Crippen LogP contribution in [0.15, 0.2) is 144 Å². The molecule has 242 valence electrons. The maximum absolute atomic E-state index is 13.7. The van der Waals surface area contributed by atoms with Crippen molar-refractivity contribution in [2.24, 2.45) is 0 Å². The number of hydrogen-bond acceptors (Lipinski definition) is 6. The van der Waals surface area contributed by atoms with Crippen LogP contribution in [0.25, 0.3) is 6.08 Å². The normalized spacial score (nSPS) is 11.6. The van der Waals surface area contributed by atoms with Crippen LogP contribution in [-0.2, 0) is 9.59 Å². The Bertz CT molecular complexity index is 1880. The predicted molar refractivity (Wildman–Crippen MR) is 191 cm³/mol. The monoisotopic (exact) mass is 657 g/mol. The number of para-hydroxylation sites is 3. The van der Waals surface area contributed by atoms with Gasteiger partial charge in [-0.2, -0.15) is 0 Å². The minimum absolute atomic E-state index is 0.0416. The summed E-state index contributed by atoms with van der Waals surface area (Å²) >= 11 is 1.39. The summed E-state index contributed by atoms with van der Waals surface area (Å²) in [6.45, 7) is 2.37. The molecule has 0 aromatic heterocycles. The number of ether oxygens (including phenoxy) is 2. The molecule has 0 bridgehead atoms. The fourth-order valence-electron chi connectivity index (χ4n) is 4.79. The number of anilines is 2. The molecule has 5 aromatic carbocycles. The summed E-state index contributed by atoms with van der Waals surface area (Å²) in [4.78, 5) is 41.1. The van der Waals surface area contributed by atoms with Crippen LogP contribution in [0.5, 0.6) is 11.5 Å². The largest absolute Gasteiger partial charge is 0.496 e. The number of hydrogen-bond donors (Lipinski definition) is 3. The summed E-state index contributed by atoms with van der Waals surface area (Å²) in [6, 6.07) is 39.9. The number of carbonyl (C=O) groups excluding carboxylic acids is 3. The van der Waals surface area contributed by atoms with Crippen molar-refractivity contribution < 1.29 is 23.9 Å². The fraction of sp³-hybridized carbons (Fsp3) is 0.103. The summed E-state index contributed by atoms with van der Waals surface area (Å²) in [7, 11) is 1.54. The molecule has 1 atom stereocenters. The molecule has 0 fully saturated rings. The van der Waals surface area contributed by atoms with Gasteiger partial charge in [0.05, 0.1) is 19.4 Å². The Balaban J connectivity index is 1.34. The van der Waals surface area contributed by atoms with Crippen LogP contribution >= 0.6 is 11.8 Å². The summed E-state index contributed by atoms with van der Waals surface area (Å²) < 4.78 is 11.2. The first-order valence-electron chi connectivity index (χ1n) is 15.3. The van der Waals surface area contributed by atoms with Gasteiger partial charge < -0.3 is 25.4 Å². The van der Waals surface area contributed by atoms with Crippen LogP contribution in [-0.4, -0.2) is 31.4 Å². The van der Waals surface area contributed by atoms with Crippen molar-refractivity contribution >= 4 is 46.9 Å². The van der Waals surface area contributed by atoms with E-state index in [9.17, 15) is 14.4 Å². The molecule has 0 aliphatic heterocycles. The zero-order valence-electron chi connectivity index (χ0n) is 26.5. The summed E-state index contributed by atoms with van der Waals surface area (Å²) in [6.07, 6.45) is 1.58. The van der Waals surface area contributed by atoms with Gasteiger partial charge in [-0.05, 0) is 73.2 Å². The van der Waals surface area contributed by atoms with E-state index in [0.717, 1.165) is 10.5 Å². The number of rotatable bonds is 13. The van der Waals surface area contributed by atoms with Gasteiger partial charge in [-0.3, -0.25) is 14.4 Å². The summed E-state index contributed by atoms with van der Waals surface area (Å²) in [5.74, 6) is 0.0183. The van der Waals surface area contributed by atoms with Crippen molar-refractivity contribution in [3.05, 3.63) is 156 Å². The summed E-state index contributed by atoms with van der Waals surface area (Å²) in [5, 5.41) is 8.09. The summed E-state index contributed by atoms with van der Waals surface area (Å²) in [5.41, 5.74) is 3.03. The Labute approximate surface area is 284 Å². The van der Waals surface area contributed by atoms with Crippen LogP contribution in [0.3, 0.4) is 0 Å². The first-order valence-corrected chi connectivity index (χ1v) is 16.2. The molecule has 3 amide bonds. The van der Waals surface area contributed by atoms with Gasteiger partial charge in [0.2, 0.25) is 5.91 Å². The van der Waals surface area contributed by atoms with Crippen LogP contribution < -0.4 is 25.4 Å². The number of carbonyl (C=O) groups is 3. The minimum atomic E-state index is -0.565. The van der Waals surface area contributed by atoms with E-state index in [1.54, 1.807) is 61.7 Å². The van der Waals surface area contributed by atoms with Gasteiger partial charge in [0.15, 0.2) is 0 Å².